The summed E-state index contributed by atoms with van der Waals surface area (Å²) >= 11 is 0. The highest BCUT2D eigenvalue weighted by molar-refractivity contribution is 6.39. The third-order valence-electron chi connectivity index (χ3n) is 3.57. The van der Waals surface area contributed by atoms with Crippen LogP contribution in [0.5, 0.6) is 0 Å². The topological polar surface area (TPSA) is 49.4 Å². The van der Waals surface area contributed by atoms with E-state index in [1.54, 1.807) is 4.90 Å². The maximum Gasteiger partial charge on any atom is 0.313 e. The van der Waals surface area contributed by atoms with Gasteiger partial charge in [0.15, 0.2) is 0 Å². The van der Waals surface area contributed by atoms with E-state index in [1.807, 2.05) is 32.0 Å². The normalized spacial score (nSPS) is 15.6. The summed E-state index contributed by atoms with van der Waals surface area (Å²) < 4.78 is 0. The average Bonchev–Trinajstić information content (AvgIpc) is 2.65. The second kappa shape index (κ2) is 6.55. The van der Waals surface area contributed by atoms with Crippen LogP contribution in [0.4, 0.5) is 5.69 Å². The van der Waals surface area contributed by atoms with Gasteiger partial charge in [0.1, 0.15) is 0 Å². The van der Waals surface area contributed by atoms with E-state index in [0.717, 1.165) is 36.8 Å². The number of hydrogen-bond acceptors (Lipinski definition) is 2. The van der Waals surface area contributed by atoms with Crippen molar-refractivity contribution in [2.24, 2.45) is 0 Å². The summed E-state index contributed by atoms with van der Waals surface area (Å²) in [5, 5.41) is 2.71. The largest absolute Gasteiger partial charge is 0.334 e. The molecule has 0 atom stereocenters. The van der Waals surface area contributed by atoms with Crippen LogP contribution in [0.1, 0.15) is 36.8 Å². The van der Waals surface area contributed by atoms with Crippen LogP contribution < -0.4 is 5.32 Å². The molecule has 0 radical (unpaired) electrons. The van der Waals surface area contributed by atoms with Gasteiger partial charge in [-0.15, -0.1) is 0 Å². The Morgan fingerprint density at radius 1 is 0.950 bits per heavy atom. The van der Waals surface area contributed by atoms with Crippen molar-refractivity contribution in [3.05, 3.63) is 29.3 Å². The molecule has 0 unspecified atom stereocenters. The number of nitrogens with one attached hydrogen (secondary N) is 1. The number of carbonyl (C=O) groups excluding carboxylic acids is 2. The SMILES string of the molecule is Cc1cc(C)cc(NC(=O)C(=O)N2CCCCCC2)c1. The van der Waals surface area contributed by atoms with Crippen LogP contribution in [0.25, 0.3) is 0 Å². The first kappa shape index (κ1) is 14.6. The number of anilines is 1. The standard InChI is InChI=1S/C16H22N2O2/c1-12-9-13(2)11-14(10-12)17-15(19)16(20)18-7-5-3-4-6-8-18/h9-11H,3-8H2,1-2H3,(H,17,19). The van der Waals surface area contributed by atoms with Crippen LogP contribution in [0.3, 0.4) is 0 Å². The highest BCUT2D eigenvalue weighted by Gasteiger charge is 2.22. The first-order valence-corrected chi connectivity index (χ1v) is 7.25. The lowest BCUT2D eigenvalue weighted by Crippen LogP contribution is -2.40. The van der Waals surface area contributed by atoms with E-state index >= 15 is 0 Å². The summed E-state index contributed by atoms with van der Waals surface area (Å²) in [5.41, 5.74) is 2.83. The number of nitrogens with zero attached hydrogens (tertiary/aromatic N) is 1. The minimum atomic E-state index is -0.531. The van der Waals surface area contributed by atoms with Gasteiger partial charge < -0.3 is 10.2 Å². The fraction of sp³-hybridized carbons (Fsp3) is 0.500. The molecule has 2 rings (SSSR count). The summed E-state index contributed by atoms with van der Waals surface area (Å²) in [6, 6.07) is 5.79. The highest BCUT2D eigenvalue weighted by atomic mass is 16.2. The lowest BCUT2D eigenvalue weighted by atomic mass is 10.1. The van der Waals surface area contributed by atoms with Crippen molar-refractivity contribution in [1.29, 1.82) is 0 Å². The van der Waals surface area contributed by atoms with Gasteiger partial charge in [0.05, 0.1) is 0 Å². The Morgan fingerprint density at radius 3 is 2.05 bits per heavy atom. The lowest BCUT2D eigenvalue weighted by Gasteiger charge is -2.19. The van der Waals surface area contributed by atoms with E-state index in [4.69, 9.17) is 0 Å². The molecule has 0 aromatic heterocycles. The smallest absolute Gasteiger partial charge is 0.313 e. The Balaban J connectivity index is 2.01. The fourth-order valence-electron chi connectivity index (χ4n) is 2.65. The third kappa shape index (κ3) is 3.83. The number of amides is 2. The molecule has 1 aromatic rings. The highest BCUT2D eigenvalue weighted by Crippen LogP contribution is 2.15. The van der Waals surface area contributed by atoms with Gasteiger partial charge in [-0.3, -0.25) is 9.59 Å². The van der Waals surface area contributed by atoms with E-state index in [0.29, 0.717) is 18.8 Å². The van der Waals surface area contributed by atoms with E-state index in [9.17, 15) is 9.59 Å². The molecular weight excluding hydrogens is 252 g/mol. The molecule has 1 aliphatic rings. The van der Waals surface area contributed by atoms with Gasteiger partial charge >= 0.3 is 11.8 Å². The molecule has 1 N–H and O–H groups in total. The second-order valence-electron chi connectivity index (χ2n) is 5.54. The van der Waals surface area contributed by atoms with Crippen molar-refractivity contribution >= 4 is 17.5 Å². The van der Waals surface area contributed by atoms with Crippen LogP contribution in [-0.2, 0) is 9.59 Å². The Labute approximate surface area is 120 Å². The van der Waals surface area contributed by atoms with Crippen molar-refractivity contribution in [3.63, 3.8) is 0 Å². The lowest BCUT2D eigenvalue weighted by molar-refractivity contribution is -0.143. The Hall–Kier alpha value is -1.84. The summed E-state index contributed by atoms with van der Waals surface area (Å²) in [6.07, 6.45) is 4.26. The number of hydrogen-bond donors (Lipinski definition) is 1. The molecule has 1 aliphatic heterocycles. The molecule has 1 fully saturated rings. The molecule has 20 heavy (non-hydrogen) atoms. The zero-order valence-corrected chi connectivity index (χ0v) is 12.2. The van der Waals surface area contributed by atoms with Crippen LogP contribution >= 0.6 is 0 Å². The van der Waals surface area contributed by atoms with Crippen molar-refractivity contribution in [3.8, 4) is 0 Å². The number of rotatable bonds is 1. The molecule has 0 saturated carbocycles. The number of aryl methyl sites for hydroxylation is 2. The van der Waals surface area contributed by atoms with Crippen LogP contribution in [0, 0.1) is 13.8 Å². The summed E-state index contributed by atoms with van der Waals surface area (Å²) in [4.78, 5) is 25.9. The zero-order chi connectivity index (χ0) is 14.5. The van der Waals surface area contributed by atoms with Gasteiger partial charge in [-0.1, -0.05) is 18.9 Å². The third-order valence-corrected chi connectivity index (χ3v) is 3.57. The van der Waals surface area contributed by atoms with Gasteiger partial charge in [0.2, 0.25) is 0 Å². The molecule has 0 spiro atoms. The quantitative estimate of drug-likeness (QED) is 0.800. The van der Waals surface area contributed by atoms with E-state index in [2.05, 4.69) is 5.32 Å². The van der Waals surface area contributed by atoms with Gasteiger partial charge in [-0.05, 0) is 49.9 Å². The van der Waals surface area contributed by atoms with E-state index in [-0.39, 0.29) is 0 Å². The predicted octanol–water partition coefficient (Wildman–Crippen LogP) is 2.64. The van der Waals surface area contributed by atoms with Crippen LogP contribution in [0.2, 0.25) is 0 Å². The van der Waals surface area contributed by atoms with Gasteiger partial charge in [0, 0.05) is 18.8 Å². The Morgan fingerprint density at radius 2 is 1.50 bits per heavy atom. The predicted molar refractivity (Wildman–Crippen MR) is 79.6 cm³/mol. The molecule has 4 heteroatoms. The molecule has 0 aliphatic carbocycles. The number of benzene rings is 1. The van der Waals surface area contributed by atoms with Crippen LogP contribution in [0.15, 0.2) is 18.2 Å². The molecule has 108 valence electrons. The first-order chi connectivity index (χ1) is 9.56. The van der Waals surface area contributed by atoms with Gasteiger partial charge in [-0.2, -0.15) is 0 Å². The zero-order valence-electron chi connectivity index (χ0n) is 12.2. The van der Waals surface area contributed by atoms with E-state index < -0.39 is 11.8 Å². The van der Waals surface area contributed by atoms with Crippen molar-refractivity contribution in [2.75, 3.05) is 18.4 Å². The molecule has 1 saturated heterocycles. The fourth-order valence-corrected chi connectivity index (χ4v) is 2.65. The maximum absolute atomic E-state index is 12.1. The summed E-state index contributed by atoms with van der Waals surface area (Å²) in [6.45, 7) is 5.33. The van der Waals surface area contributed by atoms with Crippen molar-refractivity contribution in [2.45, 2.75) is 39.5 Å². The maximum atomic E-state index is 12.1. The summed E-state index contributed by atoms with van der Waals surface area (Å²) in [7, 11) is 0. The Bertz CT molecular complexity index is 483. The molecule has 2 amide bonds. The molecule has 1 aromatic carbocycles. The minimum absolute atomic E-state index is 0.411. The van der Waals surface area contributed by atoms with Gasteiger partial charge in [-0.25, -0.2) is 0 Å². The Kier molecular flexibility index (Phi) is 4.77. The van der Waals surface area contributed by atoms with Crippen molar-refractivity contribution in [1.82, 2.24) is 4.90 Å². The van der Waals surface area contributed by atoms with Crippen LogP contribution in [-0.4, -0.2) is 29.8 Å². The molecular formula is C16H22N2O2. The van der Waals surface area contributed by atoms with E-state index in [1.165, 1.54) is 0 Å². The second-order valence-corrected chi connectivity index (χ2v) is 5.54. The van der Waals surface area contributed by atoms with Crippen molar-refractivity contribution < 1.29 is 9.59 Å². The van der Waals surface area contributed by atoms with Gasteiger partial charge in [0.25, 0.3) is 0 Å². The monoisotopic (exact) mass is 274 g/mol. The summed E-state index contributed by atoms with van der Waals surface area (Å²) in [5.74, 6) is -0.942. The minimum Gasteiger partial charge on any atom is -0.334 e. The first-order valence-electron chi connectivity index (χ1n) is 7.25. The molecule has 0 bridgehead atoms. The molecule has 4 nitrogen and oxygen atoms in total. The average molecular weight is 274 g/mol. The molecule has 1 heterocycles. The number of carbonyl (C=O) groups is 2. The number of likely N-dealkylation sites (tertiary alicyclic amines) is 1.